The van der Waals surface area contributed by atoms with E-state index in [0.29, 0.717) is 13.2 Å². The molecular formula is C17H23F2N3O4S. The summed E-state index contributed by atoms with van der Waals surface area (Å²) in [5.41, 5.74) is -0.0107. The fourth-order valence-electron chi connectivity index (χ4n) is 3.46. The van der Waals surface area contributed by atoms with Crippen LogP contribution in [-0.2, 0) is 26.2 Å². The fraction of sp³-hybridized carbons (Fsp3) is 0.588. The number of carbonyl (C=O) groups is 1. The number of ether oxygens (including phenoxy) is 1. The van der Waals surface area contributed by atoms with Crippen LogP contribution in [0.15, 0.2) is 18.2 Å². The van der Waals surface area contributed by atoms with E-state index in [9.17, 15) is 22.0 Å². The molecule has 2 saturated heterocycles. The van der Waals surface area contributed by atoms with Crippen LogP contribution in [0.3, 0.4) is 0 Å². The Balaban J connectivity index is 1.81. The van der Waals surface area contributed by atoms with Crippen LogP contribution in [-0.4, -0.2) is 80.8 Å². The van der Waals surface area contributed by atoms with Crippen molar-refractivity contribution in [2.75, 3.05) is 46.9 Å². The molecule has 2 heterocycles. The van der Waals surface area contributed by atoms with E-state index in [2.05, 4.69) is 0 Å². The fourth-order valence-corrected chi connectivity index (χ4v) is 4.78. The second-order valence-corrected chi connectivity index (χ2v) is 9.20. The molecular weight excluding hydrogens is 380 g/mol. The van der Waals surface area contributed by atoms with Gasteiger partial charge in [-0.15, -0.1) is 0 Å². The van der Waals surface area contributed by atoms with E-state index in [1.54, 1.807) is 0 Å². The molecule has 7 nitrogen and oxygen atoms in total. The Hall–Kier alpha value is -1.62. The number of amides is 1. The third-order valence-corrected chi connectivity index (χ3v) is 6.87. The topological polar surface area (TPSA) is 70.2 Å². The summed E-state index contributed by atoms with van der Waals surface area (Å²) >= 11 is 0. The lowest BCUT2D eigenvalue weighted by molar-refractivity contribution is -0.132. The summed E-state index contributed by atoms with van der Waals surface area (Å²) in [6, 6.07) is 3.21. The SMILES string of the molecule is CN(C)S(=O)(=O)N1C[C@H]2COC[C@@H]1CN(C(=O)Cc1cccc(F)c1F)C2. The molecule has 0 N–H and O–H groups in total. The molecule has 0 unspecified atom stereocenters. The van der Waals surface area contributed by atoms with Crippen molar-refractivity contribution >= 4 is 16.1 Å². The first-order valence-electron chi connectivity index (χ1n) is 8.68. The number of benzene rings is 1. The normalized spacial score (nSPS) is 24.1. The third-order valence-electron chi connectivity index (χ3n) is 4.90. The van der Waals surface area contributed by atoms with Crippen molar-refractivity contribution in [3.63, 3.8) is 0 Å². The number of hydrogen-bond acceptors (Lipinski definition) is 4. The molecule has 2 fully saturated rings. The largest absolute Gasteiger partial charge is 0.379 e. The van der Waals surface area contributed by atoms with Gasteiger partial charge in [0.25, 0.3) is 10.2 Å². The van der Waals surface area contributed by atoms with Crippen LogP contribution in [0, 0.1) is 17.6 Å². The van der Waals surface area contributed by atoms with Crippen molar-refractivity contribution in [3.05, 3.63) is 35.4 Å². The van der Waals surface area contributed by atoms with Gasteiger partial charge in [-0.25, -0.2) is 8.78 Å². The maximum Gasteiger partial charge on any atom is 0.281 e. The smallest absolute Gasteiger partial charge is 0.281 e. The zero-order valence-corrected chi connectivity index (χ0v) is 16.1. The van der Waals surface area contributed by atoms with E-state index in [0.717, 1.165) is 10.4 Å². The third kappa shape index (κ3) is 4.13. The maximum atomic E-state index is 13.9. The van der Waals surface area contributed by atoms with Gasteiger partial charge >= 0.3 is 0 Å². The predicted octanol–water partition coefficient (Wildman–Crippen LogP) is 0.473. The highest BCUT2D eigenvalue weighted by molar-refractivity contribution is 7.86. The van der Waals surface area contributed by atoms with E-state index >= 15 is 0 Å². The molecule has 2 atom stereocenters. The van der Waals surface area contributed by atoms with Crippen LogP contribution in [0.2, 0.25) is 0 Å². The van der Waals surface area contributed by atoms with Gasteiger partial charge < -0.3 is 9.64 Å². The summed E-state index contributed by atoms with van der Waals surface area (Å²) in [5, 5.41) is 0. The highest BCUT2D eigenvalue weighted by Gasteiger charge is 2.41. The number of nitrogens with zero attached hydrogens (tertiary/aromatic N) is 3. The van der Waals surface area contributed by atoms with Crippen LogP contribution < -0.4 is 0 Å². The van der Waals surface area contributed by atoms with Crippen LogP contribution in [0.4, 0.5) is 8.78 Å². The molecule has 3 rings (SSSR count). The van der Waals surface area contributed by atoms with Crippen LogP contribution >= 0.6 is 0 Å². The molecule has 1 aromatic rings. The summed E-state index contributed by atoms with van der Waals surface area (Å²) in [6.45, 7) is 1.24. The lowest BCUT2D eigenvalue weighted by atomic mass is 10.1. The highest BCUT2D eigenvalue weighted by atomic mass is 32.2. The maximum absolute atomic E-state index is 13.9. The van der Waals surface area contributed by atoms with Gasteiger partial charge in [-0.05, 0) is 6.07 Å². The molecule has 0 aliphatic carbocycles. The molecule has 0 aromatic heterocycles. The van der Waals surface area contributed by atoms with E-state index < -0.39 is 27.9 Å². The first kappa shape index (κ1) is 20.1. The molecule has 2 bridgehead atoms. The van der Waals surface area contributed by atoms with Gasteiger partial charge in [0.2, 0.25) is 5.91 Å². The lowest BCUT2D eigenvalue weighted by Gasteiger charge is -2.32. The van der Waals surface area contributed by atoms with Crippen molar-refractivity contribution in [2.24, 2.45) is 5.92 Å². The number of rotatable bonds is 4. The van der Waals surface area contributed by atoms with E-state index in [-0.39, 0.29) is 43.5 Å². The molecule has 0 saturated carbocycles. The first-order chi connectivity index (χ1) is 12.7. The highest BCUT2D eigenvalue weighted by Crippen LogP contribution is 2.24. The van der Waals surface area contributed by atoms with Crippen LogP contribution in [0.5, 0.6) is 0 Å². The predicted molar refractivity (Wildman–Crippen MR) is 94.1 cm³/mol. The molecule has 150 valence electrons. The Morgan fingerprint density at radius 3 is 2.67 bits per heavy atom. The summed E-state index contributed by atoms with van der Waals surface area (Å²) in [6.07, 6.45) is -0.273. The number of hydrogen-bond donors (Lipinski definition) is 0. The molecule has 0 spiro atoms. The van der Waals surface area contributed by atoms with Gasteiger partial charge in [0.05, 0.1) is 25.7 Å². The van der Waals surface area contributed by atoms with Gasteiger partial charge in [-0.2, -0.15) is 17.0 Å². The Morgan fingerprint density at radius 1 is 1.22 bits per heavy atom. The van der Waals surface area contributed by atoms with E-state index in [1.165, 1.54) is 35.4 Å². The van der Waals surface area contributed by atoms with Crippen molar-refractivity contribution in [1.29, 1.82) is 0 Å². The average Bonchev–Trinajstić information content (AvgIpc) is 2.90. The minimum absolute atomic E-state index is 0.0107. The molecule has 2 aliphatic heterocycles. The van der Waals surface area contributed by atoms with E-state index in [4.69, 9.17) is 4.74 Å². The summed E-state index contributed by atoms with van der Waals surface area (Å²) in [7, 11) is -0.741. The van der Waals surface area contributed by atoms with Gasteiger partial charge in [0, 0.05) is 45.2 Å². The second kappa shape index (κ2) is 7.78. The number of carbonyl (C=O) groups excluding carboxylic acids is 1. The molecule has 1 aromatic carbocycles. The minimum Gasteiger partial charge on any atom is -0.379 e. The molecule has 1 amide bonds. The molecule has 2 aliphatic rings. The first-order valence-corrected chi connectivity index (χ1v) is 10.1. The van der Waals surface area contributed by atoms with Crippen LogP contribution in [0.25, 0.3) is 0 Å². The Bertz CT molecular complexity index is 818. The summed E-state index contributed by atoms with van der Waals surface area (Å²) in [4.78, 5) is 14.3. The van der Waals surface area contributed by atoms with Crippen molar-refractivity contribution < 1.29 is 26.7 Å². The standard InChI is InChI=1S/C17H23F2N3O4S/c1-20(2)27(24,25)22-8-12-7-21(9-14(22)11-26-10-12)16(23)6-13-4-3-5-15(18)17(13)19/h3-5,12,14H,6-11H2,1-2H3/t12-,14-/m0/s1. The molecule has 27 heavy (non-hydrogen) atoms. The average molecular weight is 403 g/mol. The zero-order chi connectivity index (χ0) is 19.8. The van der Waals surface area contributed by atoms with Crippen LogP contribution in [0.1, 0.15) is 5.56 Å². The number of fused-ring (bicyclic) bond motifs is 3. The van der Waals surface area contributed by atoms with Gasteiger partial charge in [-0.1, -0.05) is 12.1 Å². The minimum atomic E-state index is -3.66. The summed E-state index contributed by atoms with van der Waals surface area (Å²) in [5.74, 6) is -2.57. The monoisotopic (exact) mass is 403 g/mol. The van der Waals surface area contributed by atoms with Crippen molar-refractivity contribution in [3.8, 4) is 0 Å². The van der Waals surface area contributed by atoms with Gasteiger partial charge in [-0.3, -0.25) is 4.79 Å². The Morgan fingerprint density at radius 2 is 1.96 bits per heavy atom. The van der Waals surface area contributed by atoms with E-state index in [1.807, 2.05) is 0 Å². The zero-order valence-electron chi connectivity index (χ0n) is 15.3. The van der Waals surface area contributed by atoms with Gasteiger partial charge in [0.15, 0.2) is 11.6 Å². The van der Waals surface area contributed by atoms with Crippen molar-refractivity contribution in [1.82, 2.24) is 13.5 Å². The lowest BCUT2D eigenvalue weighted by Crippen LogP contribution is -2.51. The quantitative estimate of drug-likeness (QED) is 0.733. The summed E-state index contributed by atoms with van der Waals surface area (Å²) < 4.78 is 60.6. The Labute approximate surface area is 157 Å². The Kier molecular flexibility index (Phi) is 5.80. The van der Waals surface area contributed by atoms with Gasteiger partial charge in [0.1, 0.15) is 0 Å². The molecule has 10 heteroatoms. The molecule has 0 radical (unpaired) electrons. The second-order valence-electron chi connectivity index (χ2n) is 7.11. The number of halogens is 2. The van der Waals surface area contributed by atoms with Crippen molar-refractivity contribution in [2.45, 2.75) is 12.5 Å².